The molecule has 4 nitrogen and oxygen atoms in total. The molecule has 92 valence electrons. The number of sulfone groups is 1. The van der Waals surface area contributed by atoms with E-state index >= 15 is 0 Å². The molecule has 1 saturated heterocycles. The Morgan fingerprint density at radius 1 is 1.50 bits per heavy atom. The van der Waals surface area contributed by atoms with Crippen molar-refractivity contribution in [3.63, 3.8) is 0 Å². The Kier molecular flexibility index (Phi) is 4.34. The van der Waals surface area contributed by atoms with Gasteiger partial charge in [-0.1, -0.05) is 13.8 Å². The van der Waals surface area contributed by atoms with Gasteiger partial charge in [0, 0.05) is 12.6 Å². The molecule has 0 aromatic carbocycles. The van der Waals surface area contributed by atoms with Gasteiger partial charge in [0.2, 0.25) is 0 Å². The van der Waals surface area contributed by atoms with E-state index in [4.69, 9.17) is 5.26 Å². The smallest absolute Gasteiger partial charge is 0.151 e. The van der Waals surface area contributed by atoms with Crippen molar-refractivity contribution in [2.24, 2.45) is 11.8 Å². The SMILES string of the molecule is CC(C)C(C#N)CN(C)C1CCS(=O)(=O)C1. The van der Waals surface area contributed by atoms with Crippen molar-refractivity contribution >= 4 is 9.84 Å². The highest BCUT2D eigenvalue weighted by Crippen LogP contribution is 2.19. The monoisotopic (exact) mass is 244 g/mol. The molecule has 1 fully saturated rings. The molecule has 1 aliphatic rings. The molecule has 0 saturated carbocycles. The fraction of sp³-hybridized carbons (Fsp3) is 0.909. The molecule has 0 bridgehead atoms. The molecule has 2 unspecified atom stereocenters. The lowest BCUT2D eigenvalue weighted by molar-refractivity contribution is 0.220. The van der Waals surface area contributed by atoms with E-state index in [1.807, 2.05) is 25.8 Å². The molecular formula is C11H20N2O2S. The Bertz CT molecular complexity index is 370. The van der Waals surface area contributed by atoms with Crippen molar-refractivity contribution in [2.45, 2.75) is 26.3 Å². The maximum absolute atomic E-state index is 11.3. The van der Waals surface area contributed by atoms with E-state index in [2.05, 4.69) is 6.07 Å². The predicted molar refractivity (Wildman–Crippen MR) is 63.6 cm³/mol. The number of hydrogen-bond donors (Lipinski definition) is 0. The van der Waals surface area contributed by atoms with Gasteiger partial charge in [0.1, 0.15) is 0 Å². The first kappa shape index (κ1) is 13.5. The van der Waals surface area contributed by atoms with Crippen molar-refractivity contribution in [2.75, 3.05) is 25.1 Å². The van der Waals surface area contributed by atoms with E-state index in [1.54, 1.807) is 0 Å². The molecule has 0 spiro atoms. The standard InChI is InChI=1S/C11H20N2O2S/c1-9(2)10(6-12)7-13(3)11-4-5-16(14,15)8-11/h9-11H,4-5,7-8H2,1-3H3. The van der Waals surface area contributed by atoms with Crippen LogP contribution in [0.3, 0.4) is 0 Å². The van der Waals surface area contributed by atoms with Gasteiger partial charge < -0.3 is 4.90 Å². The van der Waals surface area contributed by atoms with E-state index in [0.29, 0.717) is 24.6 Å². The summed E-state index contributed by atoms with van der Waals surface area (Å²) in [5.74, 6) is 0.833. The second-order valence-electron chi connectivity index (χ2n) is 4.98. The largest absolute Gasteiger partial charge is 0.301 e. The number of nitriles is 1. The molecule has 5 heteroatoms. The van der Waals surface area contributed by atoms with Crippen LogP contribution in [0.1, 0.15) is 20.3 Å². The van der Waals surface area contributed by atoms with Gasteiger partial charge in [0.25, 0.3) is 0 Å². The number of hydrogen-bond acceptors (Lipinski definition) is 4. The van der Waals surface area contributed by atoms with E-state index in [-0.39, 0.29) is 17.7 Å². The van der Waals surface area contributed by atoms with Crippen LogP contribution in [-0.4, -0.2) is 44.5 Å². The lowest BCUT2D eigenvalue weighted by Gasteiger charge is -2.26. The van der Waals surface area contributed by atoms with Gasteiger partial charge in [0.05, 0.1) is 23.5 Å². The predicted octanol–water partition coefficient (Wildman–Crippen LogP) is 0.901. The van der Waals surface area contributed by atoms with Crippen molar-refractivity contribution in [3.05, 3.63) is 0 Å². The van der Waals surface area contributed by atoms with Crippen molar-refractivity contribution in [3.8, 4) is 6.07 Å². The normalized spacial score (nSPS) is 25.9. The summed E-state index contributed by atoms with van der Waals surface area (Å²) >= 11 is 0. The first-order valence-electron chi connectivity index (χ1n) is 5.66. The topological polar surface area (TPSA) is 61.2 Å². The lowest BCUT2D eigenvalue weighted by atomic mass is 9.96. The second-order valence-corrected chi connectivity index (χ2v) is 7.20. The van der Waals surface area contributed by atoms with E-state index in [0.717, 1.165) is 0 Å². The minimum Gasteiger partial charge on any atom is -0.301 e. The van der Waals surface area contributed by atoms with E-state index in [1.165, 1.54) is 0 Å². The van der Waals surface area contributed by atoms with Crippen LogP contribution < -0.4 is 0 Å². The molecule has 2 atom stereocenters. The molecule has 0 N–H and O–H groups in total. The molecule has 0 radical (unpaired) electrons. The van der Waals surface area contributed by atoms with Crippen LogP contribution in [0.4, 0.5) is 0 Å². The summed E-state index contributed by atoms with van der Waals surface area (Å²) in [4.78, 5) is 2.03. The molecule has 0 aromatic rings. The fourth-order valence-corrected chi connectivity index (χ4v) is 3.79. The van der Waals surface area contributed by atoms with Gasteiger partial charge in [-0.3, -0.25) is 0 Å². The average Bonchev–Trinajstić information content (AvgIpc) is 2.54. The average molecular weight is 244 g/mol. The first-order chi connectivity index (χ1) is 7.35. The van der Waals surface area contributed by atoms with Gasteiger partial charge in [-0.25, -0.2) is 8.42 Å². The Hall–Kier alpha value is -0.600. The van der Waals surface area contributed by atoms with Crippen LogP contribution in [0.2, 0.25) is 0 Å². The minimum absolute atomic E-state index is 0.0201. The van der Waals surface area contributed by atoms with E-state index in [9.17, 15) is 8.42 Å². The number of nitrogens with zero attached hydrogens (tertiary/aromatic N) is 2. The van der Waals surface area contributed by atoms with Crippen LogP contribution in [0, 0.1) is 23.2 Å². The zero-order valence-corrected chi connectivity index (χ0v) is 11.0. The third-order valence-electron chi connectivity index (χ3n) is 3.29. The summed E-state index contributed by atoms with van der Waals surface area (Å²) in [7, 11) is -0.913. The van der Waals surface area contributed by atoms with Gasteiger partial charge in [-0.05, 0) is 19.4 Å². The minimum atomic E-state index is -2.83. The zero-order chi connectivity index (χ0) is 12.3. The van der Waals surface area contributed by atoms with Gasteiger partial charge in [-0.15, -0.1) is 0 Å². The summed E-state index contributed by atoms with van der Waals surface area (Å²) in [5.41, 5.74) is 0. The van der Waals surface area contributed by atoms with E-state index < -0.39 is 9.84 Å². The second kappa shape index (κ2) is 5.15. The van der Waals surface area contributed by atoms with Crippen molar-refractivity contribution in [1.82, 2.24) is 4.90 Å². The third kappa shape index (κ3) is 3.46. The van der Waals surface area contributed by atoms with Crippen LogP contribution in [0.5, 0.6) is 0 Å². The Labute approximate surface area is 98.2 Å². The van der Waals surface area contributed by atoms with Crippen molar-refractivity contribution < 1.29 is 8.42 Å². The molecule has 0 aromatic heterocycles. The van der Waals surface area contributed by atoms with Gasteiger partial charge >= 0.3 is 0 Å². The van der Waals surface area contributed by atoms with Crippen molar-refractivity contribution in [1.29, 1.82) is 5.26 Å². The fourth-order valence-electron chi connectivity index (χ4n) is 1.98. The Morgan fingerprint density at radius 2 is 2.12 bits per heavy atom. The summed E-state index contributed by atoms with van der Waals surface area (Å²) in [6.07, 6.45) is 0.703. The highest BCUT2D eigenvalue weighted by Gasteiger charge is 2.31. The molecule has 1 rings (SSSR count). The van der Waals surface area contributed by atoms with Gasteiger partial charge in [-0.2, -0.15) is 5.26 Å². The summed E-state index contributed by atoms with van der Waals surface area (Å²) in [6, 6.07) is 2.38. The van der Waals surface area contributed by atoms with Crippen LogP contribution >= 0.6 is 0 Å². The zero-order valence-electron chi connectivity index (χ0n) is 10.2. The molecule has 0 amide bonds. The molecule has 0 aliphatic carbocycles. The molecular weight excluding hydrogens is 224 g/mol. The highest BCUT2D eigenvalue weighted by atomic mass is 32.2. The van der Waals surface area contributed by atoms with Crippen LogP contribution in [-0.2, 0) is 9.84 Å². The molecule has 1 aliphatic heterocycles. The quantitative estimate of drug-likeness (QED) is 0.737. The maximum Gasteiger partial charge on any atom is 0.151 e. The Morgan fingerprint density at radius 3 is 2.50 bits per heavy atom. The summed E-state index contributed by atoms with van der Waals surface area (Å²) in [5, 5.41) is 9.00. The van der Waals surface area contributed by atoms with Gasteiger partial charge in [0.15, 0.2) is 9.84 Å². The molecule has 1 heterocycles. The third-order valence-corrected chi connectivity index (χ3v) is 5.04. The van der Waals surface area contributed by atoms with Crippen LogP contribution in [0.15, 0.2) is 0 Å². The first-order valence-corrected chi connectivity index (χ1v) is 7.48. The Balaban J connectivity index is 2.54. The highest BCUT2D eigenvalue weighted by molar-refractivity contribution is 7.91. The summed E-state index contributed by atoms with van der Waals surface area (Å²) < 4.78 is 22.7. The van der Waals surface area contributed by atoms with Crippen LogP contribution in [0.25, 0.3) is 0 Å². The maximum atomic E-state index is 11.3. The molecule has 16 heavy (non-hydrogen) atoms. The summed E-state index contributed by atoms with van der Waals surface area (Å²) in [6.45, 7) is 4.70. The number of rotatable bonds is 4. The lowest BCUT2D eigenvalue weighted by Crippen LogP contribution is -2.37.